The van der Waals surface area contributed by atoms with Crippen LogP contribution in [0, 0.1) is 0 Å². The quantitative estimate of drug-likeness (QED) is 0.777. The number of rotatable bonds is 3. The molecule has 1 saturated carbocycles. The second-order valence-electron chi connectivity index (χ2n) is 5.33. The Kier molecular flexibility index (Phi) is 4.97. The van der Waals surface area contributed by atoms with Gasteiger partial charge in [-0.2, -0.15) is 0 Å². The average Bonchev–Trinajstić information content (AvgIpc) is 2.40. The van der Waals surface area contributed by atoms with Crippen molar-refractivity contribution in [1.82, 2.24) is 9.80 Å². The van der Waals surface area contributed by atoms with E-state index in [4.69, 9.17) is 4.74 Å². The molecule has 2 atom stereocenters. The maximum absolute atomic E-state index is 12.1. The average molecular weight is 256 g/mol. The molecular weight excluding hydrogens is 232 g/mol. The summed E-state index contributed by atoms with van der Waals surface area (Å²) in [5.74, 6) is 0.151. The van der Waals surface area contributed by atoms with Crippen LogP contribution in [0.4, 0.5) is 0 Å². The molecule has 0 aromatic carbocycles. The van der Waals surface area contributed by atoms with Crippen LogP contribution in [0.15, 0.2) is 0 Å². The number of aliphatic hydroxyl groups excluding tert-OH is 1. The summed E-state index contributed by atoms with van der Waals surface area (Å²) >= 11 is 0. The van der Waals surface area contributed by atoms with Gasteiger partial charge in [-0.1, -0.05) is 12.8 Å². The number of ether oxygens (including phenoxy) is 1. The molecular formula is C13H24N2O3. The summed E-state index contributed by atoms with van der Waals surface area (Å²) in [6, 6.07) is 0.142. The topological polar surface area (TPSA) is 53.0 Å². The van der Waals surface area contributed by atoms with Crippen LogP contribution < -0.4 is 0 Å². The highest BCUT2D eigenvalue weighted by atomic mass is 16.5. The van der Waals surface area contributed by atoms with Gasteiger partial charge < -0.3 is 14.7 Å². The van der Waals surface area contributed by atoms with Gasteiger partial charge in [0.15, 0.2) is 0 Å². The van der Waals surface area contributed by atoms with Crippen molar-refractivity contribution in [3.05, 3.63) is 0 Å². The van der Waals surface area contributed by atoms with E-state index in [9.17, 15) is 9.90 Å². The second kappa shape index (κ2) is 6.50. The van der Waals surface area contributed by atoms with E-state index < -0.39 is 0 Å². The molecule has 2 unspecified atom stereocenters. The number of aliphatic hydroxyl groups is 1. The first kappa shape index (κ1) is 13.8. The van der Waals surface area contributed by atoms with Crippen LogP contribution in [0.3, 0.4) is 0 Å². The first-order valence-electron chi connectivity index (χ1n) is 6.92. The van der Waals surface area contributed by atoms with Crippen molar-refractivity contribution in [3.8, 4) is 0 Å². The van der Waals surface area contributed by atoms with Crippen LogP contribution in [0.2, 0.25) is 0 Å². The largest absolute Gasteiger partial charge is 0.391 e. The molecule has 0 bridgehead atoms. The summed E-state index contributed by atoms with van der Waals surface area (Å²) in [6.45, 7) is 3.07. The molecule has 1 heterocycles. The number of amides is 1. The Morgan fingerprint density at radius 2 is 2.00 bits per heavy atom. The smallest absolute Gasteiger partial charge is 0.236 e. The standard InChI is InChI=1S/C13H24N2O3/c1-14(11-4-2-3-5-12(11)16)10-13(17)15-6-8-18-9-7-15/h11-12,16H,2-10H2,1H3. The summed E-state index contributed by atoms with van der Waals surface area (Å²) < 4.78 is 5.24. The molecule has 5 heteroatoms. The molecule has 1 aliphatic carbocycles. The molecule has 0 aromatic rings. The lowest BCUT2D eigenvalue weighted by molar-refractivity contribution is -0.137. The Morgan fingerprint density at radius 3 is 2.67 bits per heavy atom. The summed E-state index contributed by atoms with van der Waals surface area (Å²) in [5.41, 5.74) is 0. The molecule has 2 aliphatic rings. The lowest BCUT2D eigenvalue weighted by Crippen LogP contribution is -2.50. The number of hydrogen-bond acceptors (Lipinski definition) is 4. The number of likely N-dealkylation sites (N-methyl/N-ethyl adjacent to an activating group) is 1. The van der Waals surface area contributed by atoms with Gasteiger partial charge in [0.25, 0.3) is 0 Å². The molecule has 1 aliphatic heterocycles. The van der Waals surface area contributed by atoms with Crippen LogP contribution >= 0.6 is 0 Å². The predicted octanol–water partition coefficient (Wildman–Crippen LogP) is 0.0805. The maximum Gasteiger partial charge on any atom is 0.236 e. The first-order chi connectivity index (χ1) is 8.68. The highest BCUT2D eigenvalue weighted by Gasteiger charge is 2.28. The van der Waals surface area contributed by atoms with E-state index in [0.717, 1.165) is 25.7 Å². The van der Waals surface area contributed by atoms with E-state index in [1.54, 1.807) is 0 Å². The zero-order chi connectivity index (χ0) is 13.0. The van der Waals surface area contributed by atoms with Crippen molar-refractivity contribution in [3.63, 3.8) is 0 Å². The minimum Gasteiger partial charge on any atom is -0.391 e. The highest BCUT2D eigenvalue weighted by molar-refractivity contribution is 5.78. The monoisotopic (exact) mass is 256 g/mol. The summed E-state index contributed by atoms with van der Waals surface area (Å²) in [5, 5.41) is 9.98. The molecule has 2 fully saturated rings. The van der Waals surface area contributed by atoms with Gasteiger partial charge >= 0.3 is 0 Å². The van der Waals surface area contributed by atoms with Gasteiger partial charge in [-0.25, -0.2) is 0 Å². The molecule has 1 amide bonds. The highest BCUT2D eigenvalue weighted by Crippen LogP contribution is 2.22. The van der Waals surface area contributed by atoms with Crippen molar-refractivity contribution >= 4 is 5.91 Å². The fourth-order valence-corrected chi connectivity index (χ4v) is 2.85. The third-order valence-electron chi connectivity index (χ3n) is 4.01. The van der Waals surface area contributed by atoms with Crippen LogP contribution in [0.25, 0.3) is 0 Å². The van der Waals surface area contributed by atoms with E-state index in [2.05, 4.69) is 0 Å². The number of carbonyl (C=O) groups excluding carboxylic acids is 1. The third-order valence-corrected chi connectivity index (χ3v) is 4.01. The van der Waals surface area contributed by atoms with Crippen molar-refractivity contribution in [1.29, 1.82) is 0 Å². The Bertz CT molecular complexity index is 279. The van der Waals surface area contributed by atoms with E-state index >= 15 is 0 Å². The summed E-state index contributed by atoms with van der Waals surface area (Å²) in [6.07, 6.45) is 3.83. The SMILES string of the molecule is CN(CC(=O)N1CCOCC1)C1CCCCC1O. The van der Waals surface area contributed by atoms with Gasteiger partial charge in [-0.3, -0.25) is 9.69 Å². The zero-order valence-electron chi connectivity index (χ0n) is 11.2. The fourth-order valence-electron chi connectivity index (χ4n) is 2.85. The fraction of sp³-hybridized carbons (Fsp3) is 0.923. The Labute approximate surface area is 109 Å². The van der Waals surface area contributed by atoms with E-state index in [0.29, 0.717) is 32.8 Å². The molecule has 2 rings (SSSR count). The van der Waals surface area contributed by atoms with Crippen LogP contribution in [0.1, 0.15) is 25.7 Å². The molecule has 0 aromatic heterocycles. The minimum absolute atomic E-state index is 0.142. The van der Waals surface area contributed by atoms with Gasteiger partial charge in [0.1, 0.15) is 0 Å². The lowest BCUT2D eigenvalue weighted by Gasteiger charge is -2.36. The van der Waals surface area contributed by atoms with Crippen molar-refractivity contribution in [2.75, 3.05) is 39.9 Å². The second-order valence-corrected chi connectivity index (χ2v) is 5.33. The first-order valence-corrected chi connectivity index (χ1v) is 6.92. The van der Waals surface area contributed by atoms with Crippen molar-refractivity contribution in [2.45, 2.75) is 37.8 Å². The van der Waals surface area contributed by atoms with Gasteiger partial charge in [-0.05, 0) is 19.9 Å². The molecule has 0 spiro atoms. The minimum atomic E-state index is -0.277. The van der Waals surface area contributed by atoms with Crippen LogP contribution in [0.5, 0.6) is 0 Å². The normalized spacial score (nSPS) is 29.6. The van der Waals surface area contributed by atoms with Crippen LogP contribution in [-0.2, 0) is 9.53 Å². The van der Waals surface area contributed by atoms with Gasteiger partial charge in [0.2, 0.25) is 5.91 Å². The predicted molar refractivity (Wildman–Crippen MR) is 68.3 cm³/mol. The third kappa shape index (κ3) is 3.43. The lowest BCUT2D eigenvalue weighted by atomic mass is 9.91. The molecule has 18 heavy (non-hydrogen) atoms. The Hall–Kier alpha value is -0.650. The molecule has 5 nitrogen and oxygen atoms in total. The van der Waals surface area contributed by atoms with Gasteiger partial charge in [-0.15, -0.1) is 0 Å². The molecule has 1 N–H and O–H groups in total. The van der Waals surface area contributed by atoms with E-state index in [-0.39, 0.29) is 18.1 Å². The van der Waals surface area contributed by atoms with Gasteiger partial charge in [0, 0.05) is 19.1 Å². The number of nitrogens with zero attached hydrogens (tertiary/aromatic N) is 2. The number of carbonyl (C=O) groups is 1. The van der Waals surface area contributed by atoms with Crippen LogP contribution in [-0.4, -0.2) is 72.9 Å². The zero-order valence-corrected chi connectivity index (χ0v) is 11.2. The van der Waals surface area contributed by atoms with Crippen molar-refractivity contribution in [2.24, 2.45) is 0 Å². The Morgan fingerprint density at radius 1 is 1.33 bits per heavy atom. The summed E-state index contributed by atoms with van der Waals surface area (Å²) in [4.78, 5) is 16.0. The van der Waals surface area contributed by atoms with Crippen molar-refractivity contribution < 1.29 is 14.6 Å². The molecule has 0 radical (unpaired) electrons. The van der Waals surface area contributed by atoms with E-state index in [1.807, 2.05) is 16.8 Å². The summed E-state index contributed by atoms with van der Waals surface area (Å²) in [7, 11) is 1.94. The van der Waals surface area contributed by atoms with E-state index in [1.165, 1.54) is 0 Å². The Balaban J connectivity index is 1.81. The maximum atomic E-state index is 12.1. The van der Waals surface area contributed by atoms with Gasteiger partial charge in [0.05, 0.1) is 25.9 Å². The molecule has 104 valence electrons. The number of morpholine rings is 1. The molecule has 1 saturated heterocycles. The number of hydrogen-bond donors (Lipinski definition) is 1.